The second-order valence-electron chi connectivity index (χ2n) is 10.3. The highest BCUT2D eigenvalue weighted by atomic mass is 35.5. The molecule has 2 aliphatic rings. The van der Waals surface area contributed by atoms with Crippen LogP contribution in [0.15, 0.2) is 51.0 Å². The number of fused-ring (bicyclic) bond motifs is 1. The number of nitrogens with one attached hydrogen (secondary N) is 2. The fourth-order valence-corrected chi connectivity index (χ4v) is 6.67. The van der Waals surface area contributed by atoms with Gasteiger partial charge in [0.15, 0.2) is 0 Å². The molecule has 0 bridgehead atoms. The third-order valence-electron chi connectivity index (χ3n) is 7.23. The number of likely N-dealkylation sites (tertiary alicyclic amines) is 1. The molecule has 3 amide bonds. The van der Waals surface area contributed by atoms with Crippen LogP contribution in [0.5, 0.6) is 5.75 Å². The van der Waals surface area contributed by atoms with Gasteiger partial charge in [-0.1, -0.05) is 41.0 Å². The Morgan fingerprint density at radius 2 is 1.67 bits per heavy atom. The normalized spacial score (nSPS) is 15.0. The van der Waals surface area contributed by atoms with Crippen LogP contribution < -0.4 is 15.6 Å². The van der Waals surface area contributed by atoms with Crippen molar-refractivity contribution in [2.45, 2.75) is 55.0 Å². The largest absolute Gasteiger partial charge is 0.495 e. The first-order chi connectivity index (χ1) is 20.0. The van der Waals surface area contributed by atoms with Crippen molar-refractivity contribution in [1.29, 1.82) is 0 Å². The molecule has 2 aliphatic heterocycles. The molecule has 0 aliphatic carbocycles. The smallest absolute Gasteiger partial charge is 0.321 e. The second kappa shape index (κ2) is 12.1. The van der Waals surface area contributed by atoms with Gasteiger partial charge in [-0.15, -0.1) is 0 Å². The number of H-pyrrole nitrogens is 1. The number of ether oxygens (including phenoxy) is 1. The second-order valence-corrected chi connectivity index (χ2v) is 12.1. The highest BCUT2D eigenvalue weighted by Gasteiger charge is 2.33. The van der Waals surface area contributed by atoms with E-state index in [1.165, 1.54) is 12.0 Å². The van der Waals surface area contributed by atoms with E-state index in [1.807, 2.05) is 0 Å². The zero-order valence-electron chi connectivity index (χ0n) is 22.9. The lowest BCUT2D eigenvalue weighted by Gasteiger charge is -2.27. The van der Waals surface area contributed by atoms with Crippen molar-refractivity contribution in [3.8, 4) is 5.75 Å². The van der Waals surface area contributed by atoms with Crippen molar-refractivity contribution in [2.24, 2.45) is 0 Å². The molecule has 1 saturated heterocycles. The van der Waals surface area contributed by atoms with E-state index in [-0.39, 0.29) is 39.6 Å². The Hall–Kier alpha value is -3.28. The lowest BCUT2D eigenvalue weighted by Crippen LogP contribution is -2.38. The molecular weight excluding hydrogens is 609 g/mol. The lowest BCUT2D eigenvalue weighted by molar-refractivity contribution is 0.0121. The van der Waals surface area contributed by atoms with E-state index in [0.717, 1.165) is 48.2 Å². The maximum atomic E-state index is 14.3. The van der Waals surface area contributed by atoms with Crippen LogP contribution in [-0.4, -0.2) is 46.9 Å². The minimum atomic E-state index is -3.37. The monoisotopic (exact) mass is 636 g/mol. The molecule has 13 heteroatoms. The molecule has 0 saturated carbocycles. The predicted molar refractivity (Wildman–Crippen MR) is 158 cm³/mol. The number of aromatic amines is 1. The van der Waals surface area contributed by atoms with Gasteiger partial charge < -0.3 is 24.8 Å². The first-order valence-electron chi connectivity index (χ1n) is 13.3. The quantitative estimate of drug-likeness (QED) is 0.300. The number of methoxy groups -OCH3 is 1. The van der Waals surface area contributed by atoms with Gasteiger partial charge in [0, 0.05) is 42.9 Å². The molecule has 2 aromatic carbocycles. The Labute approximate surface area is 255 Å². The number of rotatable bonds is 6. The molecule has 2 N–H and O–H groups in total. The summed E-state index contributed by atoms with van der Waals surface area (Å²) in [6.45, 7) is 2.29. The minimum absolute atomic E-state index is 0.00158. The first kappa shape index (κ1) is 30.2. The summed E-state index contributed by atoms with van der Waals surface area (Å²) in [7, 11) is 1.49. The average molecular weight is 638 g/mol. The number of hydrogen-bond acceptors (Lipinski definition) is 5. The van der Waals surface area contributed by atoms with Crippen LogP contribution in [0.25, 0.3) is 0 Å². The van der Waals surface area contributed by atoms with E-state index in [9.17, 15) is 23.2 Å². The fourth-order valence-electron chi connectivity index (χ4n) is 5.03. The van der Waals surface area contributed by atoms with Gasteiger partial charge in [0.2, 0.25) is 0 Å². The summed E-state index contributed by atoms with van der Waals surface area (Å²) < 4.78 is 34.1. The number of pyridine rings is 1. The van der Waals surface area contributed by atoms with E-state index in [4.69, 9.17) is 27.9 Å². The first-order valence-corrected chi connectivity index (χ1v) is 14.9. The average Bonchev–Trinajstić information content (AvgIpc) is 3.37. The van der Waals surface area contributed by atoms with Gasteiger partial charge in [-0.25, -0.2) is 13.6 Å². The van der Waals surface area contributed by atoms with Gasteiger partial charge in [0.25, 0.3) is 17.4 Å². The number of nitrogens with zero attached hydrogens (tertiary/aromatic N) is 2. The van der Waals surface area contributed by atoms with Crippen molar-refractivity contribution in [1.82, 2.24) is 14.8 Å². The van der Waals surface area contributed by atoms with Crippen LogP contribution in [0.4, 0.5) is 19.3 Å². The minimum Gasteiger partial charge on any atom is -0.495 e. The van der Waals surface area contributed by atoms with Crippen LogP contribution in [0.1, 0.15) is 53.4 Å². The molecule has 222 valence electrons. The number of halogens is 4. The van der Waals surface area contributed by atoms with E-state index < -0.39 is 23.1 Å². The van der Waals surface area contributed by atoms with Crippen molar-refractivity contribution >= 4 is 52.6 Å². The van der Waals surface area contributed by atoms with Crippen LogP contribution >= 0.6 is 35.0 Å². The standard InChI is InChI=1S/C29H28Cl2F2N4O4S/c1-29(32,33)23-13-22(42-25-18(30)7-6-8-19(25)31)24(26(38)35-23)27(39)37-14-16-11-20(21(41-2)12-17(16)15-37)34-28(40)36-9-4-3-5-10-36/h6-8,11-13H,3-5,9-10,14-15H2,1-2H3,(H,34,40)(H,35,38). The van der Waals surface area contributed by atoms with Crippen molar-refractivity contribution in [3.05, 3.63) is 79.2 Å². The highest BCUT2D eigenvalue weighted by molar-refractivity contribution is 7.99. The fraction of sp³-hybridized carbons (Fsp3) is 0.345. The topological polar surface area (TPSA) is 94.7 Å². The Morgan fingerprint density at radius 3 is 2.29 bits per heavy atom. The molecular formula is C29H28Cl2F2N4O4S. The Balaban J connectivity index is 1.46. The maximum absolute atomic E-state index is 14.3. The predicted octanol–water partition coefficient (Wildman–Crippen LogP) is 7.13. The number of amides is 3. The van der Waals surface area contributed by atoms with Gasteiger partial charge in [-0.3, -0.25) is 9.59 Å². The molecule has 1 aromatic heterocycles. The molecule has 0 spiro atoms. The number of piperidine rings is 1. The number of benzene rings is 2. The van der Waals surface area contributed by atoms with Crippen LogP contribution in [0, 0.1) is 0 Å². The Morgan fingerprint density at radius 1 is 1.02 bits per heavy atom. The van der Waals surface area contributed by atoms with Gasteiger partial charge >= 0.3 is 6.03 Å². The maximum Gasteiger partial charge on any atom is 0.321 e. The zero-order chi connectivity index (χ0) is 30.2. The van der Waals surface area contributed by atoms with E-state index in [2.05, 4.69) is 10.3 Å². The third kappa shape index (κ3) is 6.23. The summed E-state index contributed by atoms with van der Waals surface area (Å²) in [6, 6.07) is 9.14. The van der Waals surface area contributed by atoms with Crippen molar-refractivity contribution < 1.29 is 23.1 Å². The summed E-state index contributed by atoms with van der Waals surface area (Å²) in [4.78, 5) is 45.5. The third-order valence-corrected chi connectivity index (χ3v) is 9.27. The Kier molecular flexibility index (Phi) is 8.73. The number of hydrogen-bond donors (Lipinski definition) is 2. The summed E-state index contributed by atoms with van der Waals surface area (Å²) in [5.41, 5.74) is 0.105. The SMILES string of the molecule is COc1cc2c(cc1NC(=O)N1CCCCC1)CN(C(=O)c1c(Sc3c(Cl)cccc3Cl)cc(C(C)(F)F)[nH]c1=O)C2. The van der Waals surface area contributed by atoms with E-state index in [1.54, 1.807) is 35.2 Å². The molecule has 3 aromatic rings. The van der Waals surface area contributed by atoms with Gasteiger partial charge in [0.1, 0.15) is 11.3 Å². The number of aromatic nitrogens is 1. The molecule has 8 nitrogen and oxygen atoms in total. The highest BCUT2D eigenvalue weighted by Crippen LogP contribution is 2.41. The van der Waals surface area contributed by atoms with Gasteiger partial charge in [-0.2, -0.15) is 0 Å². The summed E-state index contributed by atoms with van der Waals surface area (Å²) >= 11 is 13.5. The molecule has 0 unspecified atom stereocenters. The molecule has 42 heavy (non-hydrogen) atoms. The number of alkyl halides is 2. The molecule has 0 atom stereocenters. The van der Waals surface area contributed by atoms with Crippen LogP contribution in [-0.2, 0) is 19.0 Å². The molecule has 5 rings (SSSR count). The lowest BCUT2D eigenvalue weighted by atomic mass is 10.1. The number of carbonyl (C=O) groups is 2. The van der Waals surface area contributed by atoms with E-state index >= 15 is 0 Å². The van der Waals surface area contributed by atoms with Crippen LogP contribution in [0.3, 0.4) is 0 Å². The number of urea groups is 1. The number of anilines is 1. The summed E-state index contributed by atoms with van der Waals surface area (Å²) in [6.07, 6.45) is 2.99. The van der Waals surface area contributed by atoms with Crippen molar-refractivity contribution in [3.63, 3.8) is 0 Å². The summed E-state index contributed by atoms with van der Waals surface area (Å²) in [5.74, 6) is -3.58. The van der Waals surface area contributed by atoms with Gasteiger partial charge in [0.05, 0.1) is 28.5 Å². The van der Waals surface area contributed by atoms with Crippen molar-refractivity contribution in [2.75, 3.05) is 25.5 Å². The van der Waals surface area contributed by atoms with Crippen LogP contribution in [0.2, 0.25) is 10.0 Å². The summed E-state index contributed by atoms with van der Waals surface area (Å²) in [5, 5.41) is 3.41. The molecule has 3 heterocycles. The zero-order valence-corrected chi connectivity index (χ0v) is 25.2. The molecule has 0 radical (unpaired) electrons. The Bertz CT molecular complexity index is 1590. The number of carbonyl (C=O) groups excluding carboxylic acids is 2. The van der Waals surface area contributed by atoms with Gasteiger partial charge in [-0.05, 0) is 60.7 Å². The molecule has 1 fully saturated rings. The van der Waals surface area contributed by atoms with E-state index in [0.29, 0.717) is 36.3 Å².